The summed E-state index contributed by atoms with van der Waals surface area (Å²) in [5.74, 6) is 0.888. The molecule has 4 nitrogen and oxygen atoms in total. The number of para-hydroxylation sites is 1. The molecule has 0 saturated carbocycles. The molecule has 0 aromatic heterocycles. The monoisotopic (exact) mass is 465 g/mol. The molecule has 0 atom stereocenters. The van der Waals surface area contributed by atoms with E-state index in [1.54, 1.807) is 24.3 Å². The lowest BCUT2D eigenvalue weighted by molar-refractivity contribution is -0.132. The van der Waals surface area contributed by atoms with E-state index in [9.17, 15) is 13.2 Å². The third-order valence-corrected chi connectivity index (χ3v) is 2.81. The Morgan fingerprint density at radius 1 is 1.26 bits per heavy atom. The zero-order valence-electron chi connectivity index (χ0n) is 12.6. The molecule has 0 saturated heterocycles. The Morgan fingerprint density at radius 2 is 1.96 bits per heavy atom. The molecule has 9 heteroatoms. The van der Waals surface area contributed by atoms with Crippen LogP contribution in [0.15, 0.2) is 29.3 Å². The van der Waals surface area contributed by atoms with Crippen LogP contribution in [0.25, 0.3) is 0 Å². The van der Waals surface area contributed by atoms with E-state index >= 15 is 0 Å². The molecule has 0 aliphatic carbocycles. The molecule has 0 spiro atoms. The molecule has 23 heavy (non-hydrogen) atoms. The van der Waals surface area contributed by atoms with Crippen molar-refractivity contribution in [3.8, 4) is 5.75 Å². The van der Waals surface area contributed by atoms with Gasteiger partial charge in [-0.25, -0.2) is 0 Å². The first kappa shape index (κ1) is 22.1. The predicted molar refractivity (Wildman–Crippen MR) is 97.0 cm³/mol. The minimum atomic E-state index is -4.20. The number of hydrogen-bond donors (Lipinski definition) is 2. The third-order valence-electron chi connectivity index (χ3n) is 2.50. The number of ether oxygens (including phenoxy) is 1. The van der Waals surface area contributed by atoms with Crippen molar-refractivity contribution in [2.45, 2.75) is 19.5 Å². The Labute approximate surface area is 155 Å². The van der Waals surface area contributed by atoms with Gasteiger partial charge >= 0.3 is 6.18 Å². The molecule has 1 aromatic rings. The fourth-order valence-electron chi connectivity index (χ4n) is 1.53. The number of aliphatic imine (C=N–C) groups is 1. The molecule has 0 amide bonds. The quantitative estimate of drug-likeness (QED) is 0.278. The number of rotatable bonds is 7. The van der Waals surface area contributed by atoms with Crippen LogP contribution in [0, 0.1) is 0 Å². The summed E-state index contributed by atoms with van der Waals surface area (Å²) in [6.45, 7) is 2.78. The maximum atomic E-state index is 12.1. The molecule has 132 valence electrons. The van der Waals surface area contributed by atoms with Crippen LogP contribution in [0.5, 0.6) is 5.75 Å². The zero-order valence-corrected chi connectivity index (χ0v) is 15.7. The van der Waals surface area contributed by atoms with E-state index in [0.29, 0.717) is 36.4 Å². The predicted octanol–water partition coefficient (Wildman–Crippen LogP) is 3.84. The van der Waals surface area contributed by atoms with Crippen LogP contribution < -0.4 is 15.4 Å². The lowest BCUT2D eigenvalue weighted by Gasteiger charge is -2.13. The molecule has 0 aliphatic rings. The fourth-order valence-corrected chi connectivity index (χ4v) is 1.72. The molecule has 2 N–H and O–H groups in total. The number of nitrogens with one attached hydrogen (secondary N) is 2. The highest BCUT2D eigenvalue weighted by atomic mass is 127. The number of alkyl halides is 3. The number of benzene rings is 1. The van der Waals surface area contributed by atoms with E-state index in [4.69, 9.17) is 16.3 Å². The van der Waals surface area contributed by atoms with Crippen molar-refractivity contribution >= 4 is 41.5 Å². The average molecular weight is 466 g/mol. The Kier molecular flexibility index (Phi) is 11.2. The molecule has 1 aromatic carbocycles. The molecule has 0 aliphatic heterocycles. The molecule has 0 unspecified atom stereocenters. The van der Waals surface area contributed by atoms with Crippen LogP contribution in [0.3, 0.4) is 0 Å². The van der Waals surface area contributed by atoms with E-state index in [1.807, 2.05) is 6.92 Å². The van der Waals surface area contributed by atoms with Crippen LogP contribution in [-0.2, 0) is 0 Å². The highest BCUT2D eigenvalue weighted by molar-refractivity contribution is 14.0. The topological polar surface area (TPSA) is 45.7 Å². The van der Waals surface area contributed by atoms with Gasteiger partial charge in [-0.15, -0.1) is 24.0 Å². The van der Waals surface area contributed by atoms with Crippen LogP contribution in [0.1, 0.15) is 13.3 Å². The molecule has 1 rings (SSSR count). The van der Waals surface area contributed by atoms with Crippen molar-refractivity contribution in [3.63, 3.8) is 0 Å². The summed E-state index contributed by atoms with van der Waals surface area (Å²) in [5, 5.41) is 6.28. The first-order chi connectivity index (χ1) is 10.4. The van der Waals surface area contributed by atoms with Crippen LogP contribution in [0.2, 0.25) is 5.02 Å². The van der Waals surface area contributed by atoms with Crippen molar-refractivity contribution in [3.05, 3.63) is 29.3 Å². The SMILES string of the molecule is CCNC(=NCCC(F)(F)F)NCCOc1ccccc1Cl.I. The van der Waals surface area contributed by atoms with Gasteiger partial charge in [0.15, 0.2) is 5.96 Å². The number of nitrogens with zero attached hydrogens (tertiary/aromatic N) is 1. The van der Waals surface area contributed by atoms with Gasteiger partial charge in [-0.3, -0.25) is 4.99 Å². The van der Waals surface area contributed by atoms with Gasteiger partial charge in [0.05, 0.1) is 24.5 Å². The van der Waals surface area contributed by atoms with Gasteiger partial charge in [-0.05, 0) is 19.1 Å². The Morgan fingerprint density at radius 3 is 2.57 bits per heavy atom. The van der Waals surface area contributed by atoms with Gasteiger partial charge in [0.25, 0.3) is 0 Å². The lowest BCUT2D eigenvalue weighted by atomic mass is 10.3. The highest BCUT2D eigenvalue weighted by Crippen LogP contribution is 2.22. The first-order valence-electron chi connectivity index (χ1n) is 6.88. The highest BCUT2D eigenvalue weighted by Gasteiger charge is 2.26. The van der Waals surface area contributed by atoms with Gasteiger partial charge in [-0.1, -0.05) is 23.7 Å². The van der Waals surface area contributed by atoms with Crippen molar-refractivity contribution < 1.29 is 17.9 Å². The summed E-state index contributed by atoms with van der Waals surface area (Å²) in [7, 11) is 0. The van der Waals surface area contributed by atoms with Gasteiger partial charge in [-0.2, -0.15) is 13.2 Å². The maximum absolute atomic E-state index is 12.1. The van der Waals surface area contributed by atoms with Crippen LogP contribution in [-0.4, -0.2) is 38.4 Å². The van der Waals surface area contributed by atoms with Gasteiger partial charge in [0.2, 0.25) is 0 Å². The smallest absolute Gasteiger partial charge is 0.390 e. The molecular weight excluding hydrogens is 446 g/mol. The average Bonchev–Trinajstić information content (AvgIpc) is 2.44. The third kappa shape index (κ3) is 10.5. The van der Waals surface area contributed by atoms with E-state index in [-0.39, 0.29) is 30.5 Å². The molecule has 0 radical (unpaired) electrons. The van der Waals surface area contributed by atoms with E-state index in [1.165, 1.54) is 0 Å². The molecular formula is C14H20ClF3IN3O. The summed E-state index contributed by atoms with van der Waals surface area (Å²) in [6, 6.07) is 7.05. The van der Waals surface area contributed by atoms with Crippen molar-refractivity contribution in [1.29, 1.82) is 0 Å². The van der Waals surface area contributed by atoms with Crippen molar-refractivity contribution in [1.82, 2.24) is 10.6 Å². The van der Waals surface area contributed by atoms with E-state index in [0.717, 1.165) is 0 Å². The normalized spacial score (nSPS) is 11.6. The number of hydrogen-bond acceptors (Lipinski definition) is 2. The number of halogens is 5. The van der Waals surface area contributed by atoms with E-state index < -0.39 is 12.6 Å². The molecule has 0 fully saturated rings. The minimum Gasteiger partial charge on any atom is -0.490 e. The van der Waals surface area contributed by atoms with Crippen molar-refractivity contribution in [2.24, 2.45) is 4.99 Å². The second-order valence-corrected chi connectivity index (χ2v) is 4.74. The summed E-state index contributed by atoms with van der Waals surface area (Å²) < 4.78 is 41.7. The molecule has 0 bridgehead atoms. The zero-order chi connectivity index (χ0) is 16.4. The Hall–Kier alpha value is -0.900. The Bertz CT molecular complexity index is 487. The summed E-state index contributed by atoms with van der Waals surface area (Å²) in [4.78, 5) is 3.85. The first-order valence-corrected chi connectivity index (χ1v) is 7.26. The lowest BCUT2D eigenvalue weighted by Crippen LogP contribution is -2.39. The summed E-state index contributed by atoms with van der Waals surface area (Å²) in [5.41, 5.74) is 0. The largest absolute Gasteiger partial charge is 0.490 e. The van der Waals surface area contributed by atoms with Gasteiger partial charge in [0.1, 0.15) is 12.4 Å². The van der Waals surface area contributed by atoms with Crippen molar-refractivity contribution in [2.75, 3.05) is 26.2 Å². The fraction of sp³-hybridized carbons (Fsp3) is 0.500. The van der Waals surface area contributed by atoms with Crippen LogP contribution >= 0.6 is 35.6 Å². The van der Waals surface area contributed by atoms with Gasteiger partial charge in [0, 0.05) is 6.54 Å². The van der Waals surface area contributed by atoms with Gasteiger partial charge < -0.3 is 15.4 Å². The second kappa shape index (κ2) is 11.6. The maximum Gasteiger partial charge on any atom is 0.390 e. The second-order valence-electron chi connectivity index (χ2n) is 4.33. The number of guanidine groups is 1. The molecule has 0 heterocycles. The summed E-state index contributed by atoms with van der Waals surface area (Å²) in [6.07, 6.45) is -5.15. The minimum absolute atomic E-state index is 0. The Balaban J connectivity index is 0.00000484. The van der Waals surface area contributed by atoms with E-state index in [2.05, 4.69) is 15.6 Å². The van der Waals surface area contributed by atoms with Crippen LogP contribution in [0.4, 0.5) is 13.2 Å². The standard InChI is InChI=1S/C14H19ClF3N3O.HI/c1-2-19-13(20-8-7-14(16,17)18)21-9-10-22-12-6-4-3-5-11(12)15;/h3-6H,2,7-10H2,1H3,(H2,19,20,21);1H. The summed E-state index contributed by atoms with van der Waals surface area (Å²) >= 11 is 5.94.